The van der Waals surface area contributed by atoms with Crippen molar-refractivity contribution >= 4 is 0 Å². The molecule has 2 aromatic rings. The van der Waals surface area contributed by atoms with Crippen LogP contribution in [-0.2, 0) is 11.8 Å². The maximum absolute atomic E-state index is 6.66. The summed E-state index contributed by atoms with van der Waals surface area (Å²) in [6, 6.07) is 17.1. The Balaban J connectivity index is 1.75. The normalized spacial score (nSPS) is 20.1. The van der Waals surface area contributed by atoms with E-state index in [0.717, 1.165) is 18.8 Å². The van der Waals surface area contributed by atoms with Crippen molar-refractivity contribution in [3.63, 3.8) is 0 Å². The van der Waals surface area contributed by atoms with Gasteiger partial charge in [-0.1, -0.05) is 48.5 Å². The Morgan fingerprint density at radius 2 is 1.80 bits per heavy atom. The van der Waals surface area contributed by atoms with E-state index in [1.54, 1.807) is 0 Å². The molecule has 2 N–H and O–H groups in total. The number of nitrogens with two attached hydrogens (primary N) is 1. The van der Waals surface area contributed by atoms with Gasteiger partial charge in [-0.3, -0.25) is 0 Å². The van der Waals surface area contributed by atoms with E-state index in [4.69, 9.17) is 10.5 Å². The fourth-order valence-electron chi connectivity index (χ4n) is 3.47. The van der Waals surface area contributed by atoms with E-state index in [1.165, 1.54) is 29.5 Å². The SMILES string of the molecule is NC(c1cccc2c1OCC2)C1(c2ccccc2)CC1. The molecule has 1 heterocycles. The van der Waals surface area contributed by atoms with Gasteiger partial charge >= 0.3 is 0 Å². The minimum atomic E-state index is 0.0259. The van der Waals surface area contributed by atoms with E-state index in [0.29, 0.717) is 0 Å². The average Bonchev–Trinajstić information content (AvgIpc) is 3.18. The zero-order valence-corrected chi connectivity index (χ0v) is 11.5. The zero-order valence-electron chi connectivity index (χ0n) is 11.5. The average molecular weight is 265 g/mol. The molecule has 1 aliphatic heterocycles. The Morgan fingerprint density at radius 3 is 2.55 bits per heavy atom. The minimum Gasteiger partial charge on any atom is -0.493 e. The number of hydrogen-bond acceptors (Lipinski definition) is 2. The highest BCUT2D eigenvalue weighted by Crippen LogP contribution is 2.57. The van der Waals surface area contributed by atoms with Crippen molar-refractivity contribution in [1.82, 2.24) is 0 Å². The van der Waals surface area contributed by atoms with Gasteiger partial charge in [0.1, 0.15) is 5.75 Å². The summed E-state index contributed by atoms with van der Waals surface area (Å²) in [5.74, 6) is 1.04. The van der Waals surface area contributed by atoms with Gasteiger partial charge < -0.3 is 10.5 Å². The lowest BCUT2D eigenvalue weighted by molar-refractivity contribution is 0.348. The van der Waals surface area contributed by atoms with Gasteiger partial charge in [0.25, 0.3) is 0 Å². The lowest BCUT2D eigenvalue weighted by atomic mass is 9.83. The van der Waals surface area contributed by atoms with Crippen molar-refractivity contribution in [2.75, 3.05) is 6.61 Å². The summed E-state index contributed by atoms with van der Waals surface area (Å²) in [5.41, 5.74) is 10.6. The second kappa shape index (κ2) is 4.35. The number of fused-ring (bicyclic) bond motifs is 1. The second-order valence-electron chi connectivity index (χ2n) is 5.93. The van der Waals surface area contributed by atoms with Gasteiger partial charge in [-0.25, -0.2) is 0 Å². The van der Waals surface area contributed by atoms with Crippen LogP contribution in [0, 0.1) is 0 Å². The van der Waals surface area contributed by atoms with Crippen LogP contribution in [0.2, 0.25) is 0 Å². The Bertz CT molecular complexity index is 631. The molecule has 2 nitrogen and oxygen atoms in total. The zero-order chi connectivity index (χ0) is 13.6. The molecule has 1 saturated carbocycles. The molecule has 4 rings (SSSR count). The molecule has 0 spiro atoms. The van der Waals surface area contributed by atoms with Crippen LogP contribution in [0.25, 0.3) is 0 Å². The van der Waals surface area contributed by atoms with Gasteiger partial charge in [0.15, 0.2) is 0 Å². The largest absolute Gasteiger partial charge is 0.493 e. The Hall–Kier alpha value is -1.80. The number of ether oxygens (including phenoxy) is 1. The fraction of sp³-hybridized carbons (Fsp3) is 0.333. The highest BCUT2D eigenvalue weighted by atomic mass is 16.5. The van der Waals surface area contributed by atoms with Crippen LogP contribution in [0.15, 0.2) is 48.5 Å². The summed E-state index contributed by atoms with van der Waals surface area (Å²) in [6.07, 6.45) is 3.35. The third-order valence-electron chi connectivity index (χ3n) is 4.81. The van der Waals surface area contributed by atoms with Crippen LogP contribution in [0.1, 0.15) is 35.6 Å². The predicted octanol–water partition coefficient (Wildman–Crippen LogP) is 3.35. The first-order valence-corrected chi connectivity index (χ1v) is 7.37. The lowest BCUT2D eigenvalue weighted by Crippen LogP contribution is -2.26. The molecule has 0 saturated heterocycles. The Kier molecular flexibility index (Phi) is 2.61. The summed E-state index contributed by atoms with van der Waals surface area (Å²) in [7, 11) is 0. The summed E-state index contributed by atoms with van der Waals surface area (Å²) < 4.78 is 5.83. The van der Waals surface area contributed by atoms with E-state index in [1.807, 2.05) is 0 Å². The van der Waals surface area contributed by atoms with Crippen LogP contribution in [0.4, 0.5) is 0 Å². The summed E-state index contributed by atoms with van der Waals surface area (Å²) in [4.78, 5) is 0. The van der Waals surface area contributed by atoms with E-state index >= 15 is 0 Å². The quantitative estimate of drug-likeness (QED) is 0.923. The molecular weight excluding hydrogens is 246 g/mol. The molecule has 1 aliphatic carbocycles. The van der Waals surface area contributed by atoms with E-state index in [9.17, 15) is 0 Å². The van der Waals surface area contributed by atoms with Crippen LogP contribution < -0.4 is 10.5 Å². The van der Waals surface area contributed by atoms with Crippen molar-refractivity contribution in [2.45, 2.75) is 30.7 Å². The lowest BCUT2D eigenvalue weighted by Gasteiger charge is -2.25. The van der Waals surface area contributed by atoms with E-state index in [2.05, 4.69) is 48.5 Å². The first-order chi connectivity index (χ1) is 9.81. The molecule has 1 fully saturated rings. The maximum Gasteiger partial charge on any atom is 0.127 e. The number of hydrogen-bond donors (Lipinski definition) is 1. The van der Waals surface area contributed by atoms with Crippen LogP contribution in [0.3, 0.4) is 0 Å². The van der Waals surface area contributed by atoms with Gasteiger partial charge in [0.2, 0.25) is 0 Å². The molecule has 1 atom stereocenters. The van der Waals surface area contributed by atoms with Gasteiger partial charge in [-0.2, -0.15) is 0 Å². The monoisotopic (exact) mass is 265 g/mol. The van der Waals surface area contributed by atoms with Crippen molar-refractivity contribution in [2.24, 2.45) is 5.73 Å². The third kappa shape index (κ3) is 1.68. The van der Waals surface area contributed by atoms with Crippen molar-refractivity contribution in [3.8, 4) is 5.75 Å². The highest BCUT2D eigenvalue weighted by molar-refractivity contribution is 5.49. The van der Waals surface area contributed by atoms with Crippen LogP contribution in [-0.4, -0.2) is 6.61 Å². The smallest absolute Gasteiger partial charge is 0.127 e. The number of rotatable bonds is 3. The Morgan fingerprint density at radius 1 is 1.00 bits per heavy atom. The van der Waals surface area contributed by atoms with Crippen LogP contribution in [0.5, 0.6) is 5.75 Å². The number of benzene rings is 2. The Labute approximate surface area is 119 Å². The van der Waals surface area contributed by atoms with Crippen molar-refractivity contribution in [1.29, 1.82) is 0 Å². The van der Waals surface area contributed by atoms with Gasteiger partial charge in [0, 0.05) is 23.4 Å². The van der Waals surface area contributed by atoms with Gasteiger partial charge in [-0.05, 0) is 24.0 Å². The molecule has 0 amide bonds. The van der Waals surface area contributed by atoms with E-state index in [-0.39, 0.29) is 11.5 Å². The first-order valence-electron chi connectivity index (χ1n) is 7.37. The summed E-state index contributed by atoms with van der Waals surface area (Å²) in [6.45, 7) is 0.789. The maximum atomic E-state index is 6.66. The van der Waals surface area contributed by atoms with Gasteiger partial charge in [0.05, 0.1) is 6.61 Å². The number of para-hydroxylation sites is 1. The highest BCUT2D eigenvalue weighted by Gasteiger charge is 2.50. The fourth-order valence-corrected chi connectivity index (χ4v) is 3.47. The van der Waals surface area contributed by atoms with Gasteiger partial charge in [-0.15, -0.1) is 0 Å². The topological polar surface area (TPSA) is 35.2 Å². The molecule has 102 valence electrons. The molecule has 2 heteroatoms. The molecule has 0 radical (unpaired) electrons. The van der Waals surface area contributed by atoms with Crippen molar-refractivity contribution in [3.05, 3.63) is 65.2 Å². The predicted molar refractivity (Wildman–Crippen MR) is 79.9 cm³/mol. The summed E-state index contributed by atoms with van der Waals surface area (Å²) >= 11 is 0. The third-order valence-corrected chi connectivity index (χ3v) is 4.81. The molecule has 2 aliphatic rings. The summed E-state index contributed by atoms with van der Waals surface area (Å²) in [5, 5.41) is 0. The van der Waals surface area contributed by atoms with Crippen LogP contribution >= 0.6 is 0 Å². The minimum absolute atomic E-state index is 0.0259. The van der Waals surface area contributed by atoms with Crippen molar-refractivity contribution < 1.29 is 4.74 Å². The molecule has 2 aromatic carbocycles. The molecular formula is C18H19NO. The second-order valence-corrected chi connectivity index (χ2v) is 5.93. The standard InChI is InChI=1S/C18H19NO/c19-17(15-8-4-5-13-9-12-20-16(13)15)18(10-11-18)14-6-2-1-3-7-14/h1-8,17H,9-12,19H2. The molecule has 1 unspecified atom stereocenters. The molecule has 0 aromatic heterocycles. The first kappa shape index (κ1) is 12.0. The molecule has 0 bridgehead atoms. The molecule has 20 heavy (non-hydrogen) atoms. The van der Waals surface area contributed by atoms with E-state index < -0.39 is 0 Å².